The first-order valence-corrected chi connectivity index (χ1v) is 10.3. The van der Waals surface area contributed by atoms with Gasteiger partial charge in [0.15, 0.2) is 0 Å². The third-order valence-corrected chi connectivity index (χ3v) is 6.43. The van der Waals surface area contributed by atoms with Crippen molar-refractivity contribution < 1.29 is 14.4 Å². The minimum absolute atomic E-state index is 0.0364. The van der Waals surface area contributed by atoms with Crippen LogP contribution in [0.5, 0.6) is 0 Å². The summed E-state index contributed by atoms with van der Waals surface area (Å²) in [5.41, 5.74) is 6.30. The lowest BCUT2D eigenvalue weighted by molar-refractivity contribution is -0.119. The van der Waals surface area contributed by atoms with Crippen molar-refractivity contribution >= 4 is 35.0 Å². The zero-order valence-electron chi connectivity index (χ0n) is 16.0. The van der Waals surface area contributed by atoms with Gasteiger partial charge in [0.2, 0.25) is 11.8 Å². The van der Waals surface area contributed by atoms with Crippen molar-refractivity contribution in [1.29, 1.82) is 0 Å². The first-order chi connectivity index (χ1) is 13.3. The molecule has 28 heavy (non-hydrogen) atoms. The zero-order chi connectivity index (χ0) is 20.3. The lowest BCUT2D eigenvalue weighted by atomic mass is 9.58. The van der Waals surface area contributed by atoms with Crippen LogP contribution in [0.15, 0.2) is 30.6 Å². The van der Waals surface area contributed by atoms with E-state index in [1.165, 1.54) is 11.8 Å². The number of carbonyl (C=O) groups is 3. The van der Waals surface area contributed by atoms with E-state index in [1.807, 2.05) is 6.07 Å². The molecule has 4 N–H and O–H groups in total. The third-order valence-electron chi connectivity index (χ3n) is 5.48. The molecule has 1 fully saturated rings. The van der Waals surface area contributed by atoms with Crippen LogP contribution in [0.25, 0.3) is 5.52 Å². The number of rotatable bonds is 8. The maximum Gasteiger partial charge on any atom is 0.253 e. The van der Waals surface area contributed by atoms with Gasteiger partial charge in [-0.15, -0.1) is 11.8 Å². The van der Waals surface area contributed by atoms with Gasteiger partial charge in [-0.05, 0) is 36.0 Å². The molecule has 2 heterocycles. The Morgan fingerprint density at radius 1 is 1.32 bits per heavy atom. The van der Waals surface area contributed by atoms with Crippen LogP contribution in [0.3, 0.4) is 0 Å². The van der Waals surface area contributed by atoms with E-state index in [2.05, 4.69) is 29.6 Å². The molecule has 1 aliphatic rings. The number of nitrogens with zero attached hydrogens (tertiary/aromatic N) is 2. The molecule has 2 atom stereocenters. The van der Waals surface area contributed by atoms with Crippen molar-refractivity contribution in [3.63, 3.8) is 0 Å². The van der Waals surface area contributed by atoms with Gasteiger partial charge in [0, 0.05) is 18.8 Å². The number of nitrogens with one attached hydrogen (secondary N) is 2. The monoisotopic (exact) mass is 403 g/mol. The van der Waals surface area contributed by atoms with Crippen LogP contribution in [0.2, 0.25) is 0 Å². The highest BCUT2D eigenvalue weighted by atomic mass is 32.2. The number of primary amides is 1. The predicted octanol–water partition coefficient (Wildman–Crippen LogP) is 0.814. The van der Waals surface area contributed by atoms with E-state index >= 15 is 0 Å². The largest absolute Gasteiger partial charge is 0.369 e. The molecule has 8 nitrogen and oxygen atoms in total. The fourth-order valence-corrected chi connectivity index (χ4v) is 4.11. The molecule has 0 aliphatic heterocycles. The quantitative estimate of drug-likeness (QED) is 0.603. The van der Waals surface area contributed by atoms with Gasteiger partial charge in [-0.2, -0.15) is 5.10 Å². The van der Waals surface area contributed by atoms with Gasteiger partial charge in [-0.1, -0.05) is 13.8 Å². The summed E-state index contributed by atoms with van der Waals surface area (Å²) in [6.07, 6.45) is 4.27. The van der Waals surface area contributed by atoms with Crippen molar-refractivity contribution in [2.45, 2.75) is 26.3 Å². The second-order valence-electron chi connectivity index (χ2n) is 7.63. The molecule has 1 aliphatic carbocycles. The maximum absolute atomic E-state index is 12.7. The highest BCUT2D eigenvalue weighted by Crippen LogP contribution is 2.46. The normalized spacial score (nSPS) is 20.4. The first kappa shape index (κ1) is 20.2. The summed E-state index contributed by atoms with van der Waals surface area (Å²) in [6.45, 7) is 4.74. The Morgan fingerprint density at radius 2 is 2.11 bits per heavy atom. The smallest absolute Gasteiger partial charge is 0.253 e. The predicted molar refractivity (Wildman–Crippen MR) is 108 cm³/mol. The number of hydrogen-bond donors (Lipinski definition) is 3. The Labute approximate surface area is 167 Å². The summed E-state index contributed by atoms with van der Waals surface area (Å²) in [6, 6.07) is 5.44. The van der Waals surface area contributed by atoms with Crippen LogP contribution in [0, 0.1) is 11.3 Å². The molecule has 2 aromatic rings. The van der Waals surface area contributed by atoms with Crippen molar-refractivity contribution in [3.8, 4) is 0 Å². The van der Waals surface area contributed by atoms with Crippen LogP contribution in [-0.4, -0.2) is 51.4 Å². The Bertz CT molecular complexity index is 895. The van der Waals surface area contributed by atoms with E-state index in [1.54, 1.807) is 29.0 Å². The van der Waals surface area contributed by atoms with E-state index in [4.69, 9.17) is 5.73 Å². The van der Waals surface area contributed by atoms with Gasteiger partial charge < -0.3 is 16.4 Å². The van der Waals surface area contributed by atoms with E-state index < -0.39 is 5.91 Å². The molecule has 9 heteroatoms. The molecule has 3 rings (SSSR count). The molecular formula is C19H25N5O3S. The van der Waals surface area contributed by atoms with Crippen molar-refractivity contribution in [3.05, 3.63) is 36.2 Å². The molecule has 0 aromatic carbocycles. The Balaban J connectivity index is 1.50. The molecule has 0 bridgehead atoms. The highest BCUT2D eigenvalue weighted by Gasteiger charge is 2.48. The highest BCUT2D eigenvalue weighted by molar-refractivity contribution is 8.00. The molecule has 2 aromatic heterocycles. The second kappa shape index (κ2) is 8.22. The van der Waals surface area contributed by atoms with Gasteiger partial charge in [0.05, 0.1) is 28.8 Å². The van der Waals surface area contributed by atoms with Crippen LogP contribution in [-0.2, 0) is 9.59 Å². The van der Waals surface area contributed by atoms with Gasteiger partial charge in [0.25, 0.3) is 5.91 Å². The van der Waals surface area contributed by atoms with Crippen molar-refractivity contribution in [1.82, 2.24) is 20.2 Å². The average Bonchev–Trinajstić information content (AvgIpc) is 3.12. The molecule has 1 saturated carbocycles. The van der Waals surface area contributed by atoms with Gasteiger partial charge >= 0.3 is 0 Å². The Kier molecular flexibility index (Phi) is 5.93. The van der Waals surface area contributed by atoms with E-state index in [-0.39, 0.29) is 40.7 Å². The summed E-state index contributed by atoms with van der Waals surface area (Å²) in [7, 11) is 0. The number of fused-ring (bicyclic) bond motifs is 1. The van der Waals surface area contributed by atoms with Crippen molar-refractivity contribution in [2.75, 3.05) is 18.1 Å². The number of thioether (sulfide) groups is 1. The molecule has 0 saturated heterocycles. The van der Waals surface area contributed by atoms with Crippen molar-refractivity contribution in [2.24, 2.45) is 17.1 Å². The standard InChI is InChI=1S/C19H25N5O3S/c1-19(2)12(9-21-17(26)11-28-10-16(20)25)8-15(19)23-18(27)13-4-3-7-24-14(13)5-6-22-24/h3-7,12,15H,8-11H2,1-2H3,(H2,20,25)(H,21,26)(H,23,27). The summed E-state index contributed by atoms with van der Waals surface area (Å²) < 4.78 is 1.68. The minimum Gasteiger partial charge on any atom is -0.369 e. The fourth-order valence-electron chi connectivity index (χ4n) is 3.52. The van der Waals surface area contributed by atoms with Gasteiger partial charge in [-0.3, -0.25) is 14.4 Å². The second-order valence-corrected chi connectivity index (χ2v) is 8.61. The number of aromatic nitrogens is 2. The van der Waals surface area contributed by atoms with Gasteiger partial charge in [0.1, 0.15) is 0 Å². The van der Waals surface area contributed by atoms with E-state index in [0.29, 0.717) is 12.1 Å². The molecule has 0 spiro atoms. The van der Waals surface area contributed by atoms with E-state index in [0.717, 1.165) is 11.9 Å². The summed E-state index contributed by atoms with van der Waals surface area (Å²) in [4.78, 5) is 35.3. The number of amides is 3. The number of nitrogens with two attached hydrogens (primary N) is 1. The fraction of sp³-hybridized carbons (Fsp3) is 0.474. The van der Waals surface area contributed by atoms with Crippen LogP contribution in [0.1, 0.15) is 30.6 Å². The van der Waals surface area contributed by atoms with Crippen LogP contribution >= 0.6 is 11.8 Å². The maximum atomic E-state index is 12.7. The first-order valence-electron chi connectivity index (χ1n) is 9.15. The molecule has 150 valence electrons. The zero-order valence-corrected chi connectivity index (χ0v) is 16.8. The minimum atomic E-state index is -0.428. The molecular weight excluding hydrogens is 378 g/mol. The molecule has 0 radical (unpaired) electrons. The van der Waals surface area contributed by atoms with E-state index in [9.17, 15) is 14.4 Å². The van der Waals surface area contributed by atoms with Gasteiger partial charge in [-0.25, -0.2) is 4.52 Å². The lowest BCUT2D eigenvalue weighted by Gasteiger charge is -2.52. The summed E-state index contributed by atoms with van der Waals surface area (Å²) in [5.74, 6) is -0.0281. The summed E-state index contributed by atoms with van der Waals surface area (Å²) in [5, 5.41) is 10.2. The number of pyridine rings is 1. The molecule has 3 amide bonds. The number of carbonyl (C=O) groups excluding carboxylic acids is 3. The average molecular weight is 404 g/mol. The van der Waals surface area contributed by atoms with Crippen LogP contribution < -0.4 is 16.4 Å². The Morgan fingerprint density at radius 3 is 2.82 bits per heavy atom. The summed E-state index contributed by atoms with van der Waals surface area (Å²) >= 11 is 1.20. The third kappa shape index (κ3) is 4.30. The topological polar surface area (TPSA) is 119 Å². The number of hydrogen-bond acceptors (Lipinski definition) is 5. The SMILES string of the molecule is CC1(C)C(CNC(=O)CSCC(N)=O)CC1NC(=O)c1cccn2nccc12. The molecule has 2 unspecified atom stereocenters. The lowest BCUT2D eigenvalue weighted by Crippen LogP contribution is -2.60. The van der Waals surface area contributed by atoms with Crippen LogP contribution in [0.4, 0.5) is 0 Å². The Hall–Kier alpha value is -2.55.